The summed E-state index contributed by atoms with van der Waals surface area (Å²) < 4.78 is 5.48. The molecule has 172 valence electrons. The third kappa shape index (κ3) is 4.66. The van der Waals surface area contributed by atoms with Crippen LogP contribution in [-0.2, 0) is 4.79 Å². The fourth-order valence-corrected chi connectivity index (χ4v) is 4.92. The number of nitrogens with one attached hydrogen (secondary N) is 2. The lowest BCUT2D eigenvalue weighted by atomic mass is 9.96. The summed E-state index contributed by atoms with van der Waals surface area (Å²) in [5.74, 6) is 0.201. The molecule has 5 heterocycles. The summed E-state index contributed by atoms with van der Waals surface area (Å²) >= 11 is 1.33. The molecule has 0 bridgehead atoms. The number of hydrogen-bond donors (Lipinski definition) is 2. The molecule has 1 saturated heterocycles. The van der Waals surface area contributed by atoms with E-state index in [2.05, 4.69) is 25.6 Å². The first-order valence-electron chi connectivity index (χ1n) is 11.1. The van der Waals surface area contributed by atoms with Gasteiger partial charge < -0.3 is 15.1 Å². The largest absolute Gasteiger partial charge is 0.464 e. The van der Waals surface area contributed by atoms with Gasteiger partial charge in [0.1, 0.15) is 28.2 Å². The molecule has 8 nitrogen and oxygen atoms in total. The topological polar surface area (TPSA) is 110 Å². The second kappa shape index (κ2) is 10.1. The number of nitrogens with zero attached hydrogens (tertiary/aromatic N) is 3. The van der Waals surface area contributed by atoms with E-state index in [0.717, 1.165) is 31.5 Å². The normalized spacial score (nSPS) is 15.1. The molecule has 0 aromatic carbocycles. The molecule has 0 saturated carbocycles. The van der Waals surface area contributed by atoms with Crippen molar-refractivity contribution in [2.45, 2.75) is 18.9 Å². The number of aromatic nitrogens is 3. The average molecular weight is 474 g/mol. The van der Waals surface area contributed by atoms with Crippen LogP contribution < -0.4 is 10.6 Å². The number of furan rings is 1. The minimum Gasteiger partial charge on any atom is -0.464 e. The second-order valence-electron chi connectivity index (χ2n) is 8.03. The fraction of sp³-hybridized carbons (Fsp3) is 0.240. The molecule has 2 N–H and O–H groups in total. The minimum absolute atomic E-state index is 0.0109. The van der Waals surface area contributed by atoms with Gasteiger partial charge >= 0.3 is 0 Å². The van der Waals surface area contributed by atoms with Crippen molar-refractivity contribution < 1.29 is 14.0 Å². The number of thiazole rings is 1. The van der Waals surface area contributed by atoms with Gasteiger partial charge in [0.15, 0.2) is 0 Å². The highest BCUT2D eigenvalue weighted by atomic mass is 32.1. The number of carbonyl (C=O) groups is 2. The van der Waals surface area contributed by atoms with Crippen LogP contribution in [0.5, 0.6) is 0 Å². The molecule has 1 fully saturated rings. The number of piperidine rings is 1. The average Bonchev–Trinajstić information content (AvgIpc) is 3.61. The molecule has 1 aliphatic rings. The molecule has 1 unspecified atom stereocenters. The van der Waals surface area contributed by atoms with Crippen molar-refractivity contribution in [3.05, 3.63) is 88.6 Å². The standard InChI is InChI=1S/C25H23N5O3S/c31-23(22-18(5-2-10-28-22)20-6-3-13-33-20)19-15-34-25(29-19)21(17-4-1-9-27-14-17)30-24(32)16-7-11-26-12-8-16/h1-6,9-10,13-16,21,26H,7-8,11-12H2,(H,30,32). The first-order chi connectivity index (χ1) is 16.7. The summed E-state index contributed by atoms with van der Waals surface area (Å²) in [6.07, 6.45) is 8.11. The van der Waals surface area contributed by atoms with Gasteiger partial charge in [0.2, 0.25) is 11.7 Å². The van der Waals surface area contributed by atoms with E-state index in [1.165, 1.54) is 11.3 Å². The molecule has 0 spiro atoms. The van der Waals surface area contributed by atoms with Crippen LogP contribution in [0, 0.1) is 5.92 Å². The van der Waals surface area contributed by atoms with Gasteiger partial charge in [-0.3, -0.25) is 19.6 Å². The predicted octanol–water partition coefficient (Wildman–Crippen LogP) is 3.63. The molecule has 1 aliphatic heterocycles. The highest BCUT2D eigenvalue weighted by Gasteiger charge is 2.28. The van der Waals surface area contributed by atoms with Gasteiger partial charge in [-0.05, 0) is 61.8 Å². The molecule has 4 aromatic rings. The molecular weight excluding hydrogens is 450 g/mol. The van der Waals surface area contributed by atoms with Crippen molar-refractivity contribution in [3.63, 3.8) is 0 Å². The number of carbonyl (C=O) groups excluding carboxylic acids is 2. The Bertz CT molecular complexity index is 1270. The van der Waals surface area contributed by atoms with Crippen molar-refractivity contribution in [1.29, 1.82) is 0 Å². The van der Waals surface area contributed by atoms with Crippen LogP contribution >= 0.6 is 11.3 Å². The van der Waals surface area contributed by atoms with Crippen LogP contribution in [0.15, 0.2) is 71.0 Å². The molecule has 9 heteroatoms. The predicted molar refractivity (Wildman–Crippen MR) is 127 cm³/mol. The maximum Gasteiger partial charge on any atom is 0.231 e. The zero-order chi connectivity index (χ0) is 23.3. The molecule has 1 amide bonds. The first kappa shape index (κ1) is 22.1. The van der Waals surface area contributed by atoms with E-state index in [-0.39, 0.29) is 29.0 Å². The van der Waals surface area contributed by atoms with Gasteiger partial charge in [-0.2, -0.15) is 0 Å². The molecule has 1 atom stereocenters. The van der Waals surface area contributed by atoms with Gasteiger partial charge in [0.25, 0.3) is 0 Å². The monoisotopic (exact) mass is 473 g/mol. The number of amides is 1. The number of pyridine rings is 2. The number of rotatable bonds is 7. The first-order valence-corrected chi connectivity index (χ1v) is 12.0. The Balaban J connectivity index is 1.44. The van der Waals surface area contributed by atoms with Crippen LogP contribution in [0.25, 0.3) is 11.3 Å². The summed E-state index contributed by atoms with van der Waals surface area (Å²) in [6.45, 7) is 1.65. The SMILES string of the molecule is O=C(c1csc(C(NC(=O)C2CCNCC2)c2cccnc2)n1)c1ncccc1-c1ccco1. The zero-order valence-corrected chi connectivity index (χ0v) is 19.1. The summed E-state index contributed by atoms with van der Waals surface area (Å²) in [7, 11) is 0. The summed E-state index contributed by atoms with van der Waals surface area (Å²) in [5, 5.41) is 8.75. The Hall–Kier alpha value is -3.69. The fourth-order valence-electron chi connectivity index (χ4n) is 4.04. The van der Waals surface area contributed by atoms with Gasteiger partial charge in [0, 0.05) is 35.5 Å². The molecule has 4 aromatic heterocycles. The smallest absolute Gasteiger partial charge is 0.231 e. The van der Waals surface area contributed by atoms with Crippen molar-refractivity contribution in [1.82, 2.24) is 25.6 Å². The maximum atomic E-state index is 13.3. The lowest BCUT2D eigenvalue weighted by Gasteiger charge is -2.24. The van der Waals surface area contributed by atoms with Crippen LogP contribution in [0.3, 0.4) is 0 Å². The van der Waals surface area contributed by atoms with Crippen molar-refractivity contribution in [2.24, 2.45) is 5.92 Å². The number of hydrogen-bond acceptors (Lipinski definition) is 8. The van der Waals surface area contributed by atoms with E-state index in [9.17, 15) is 9.59 Å². The highest BCUT2D eigenvalue weighted by Crippen LogP contribution is 2.29. The van der Waals surface area contributed by atoms with E-state index >= 15 is 0 Å². The van der Waals surface area contributed by atoms with Gasteiger partial charge in [-0.25, -0.2) is 4.98 Å². The maximum absolute atomic E-state index is 13.3. The van der Waals surface area contributed by atoms with Crippen LogP contribution in [0.4, 0.5) is 0 Å². The Morgan fingerprint density at radius 1 is 1.12 bits per heavy atom. The minimum atomic E-state index is -0.490. The van der Waals surface area contributed by atoms with Crippen LogP contribution in [-0.4, -0.2) is 39.7 Å². The summed E-state index contributed by atoms with van der Waals surface area (Å²) in [5.41, 5.74) is 1.96. The number of ketones is 1. The van der Waals surface area contributed by atoms with Crippen molar-refractivity contribution in [3.8, 4) is 11.3 Å². The molecule has 5 rings (SSSR count). The highest BCUT2D eigenvalue weighted by molar-refractivity contribution is 7.10. The lowest BCUT2D eigenvalue weighted by molar-refractivity contribution is -0.126. The van der Waals surface area contributed by atoms with Crippen LogP contribution in [0.2, 0.25) is 0 Å². The Kier molecular flexibility index (Phi) is 6.55. The second-order valence-corrected chi connectivity index (χ2v) is 8.92. The molecule has 0 aliphatic carbocycles. The van der Waals surface area contributed by atoms with Gasteiger partial charge in [0.05, 0.1) is 6.26 Å². The van der Waals surface area contributed by atoms with Crippen LogP contribution in [0.1, 0.15) is 45.6 Å². The van der Waals surface area contributed by atoms with E-state index in [4.69, 9.17) is 4.42 Å². The zero-order valence-electron chi connectivity index (χ0n) is 18.3. The molecule has 0 radical (unpaired) electrons. The molecule has 34 heavy (non-hydrogen) atoms. The van der Waals surface area contributed by atoms with Crippen molar-refractivity contribution >= 4 is 23.0 Å². The Morgan fingerprint density at radius 2 is 1.97 bits per heavy atom. The Morgan fingerprint density at radius 3 is 2.74 bits per heavy atom. The summed E-state index contributed by atoms with van der Waals surface area (Å²) in [6, 6.07) is 10.3. The quantitative estimate of drug-likeness (QED) is 0.395. The van der Waals surface area contributed by atoms with E-state index in [0.29, 0.717) is 16.3 Å². The van der Waals surface area contributed by atoms with Crippen molar-refractivity contribution in [2.75, 3.05) is 13.1 Å². The lowest BCUT2D eigenvalue weighted by Crippen LogP contribution is -2.40. The summed E-state index contributed by atoms with van der Waals surface area (Å²) in [4.78, 5) is 39.5. The van der Waals surface area contributed by atoms with Gasteiger partial charge in [-0.15, -0.1) is 11.3 Å². The third-order valence-corrected chi connectivity index (χ3v) is 6.73. The van der Waals surface area contributed by atoms with E-state index < -0.39 is 6.04 Å². The van der Waals surface area contributed by atoms with Gasteiger partial charge in [-0.1, -0.05) is 6.07 Å². The van der Waals surface area contributed by atoms with E-state index in [1.807, 2.05) is 12.1 Å². The third-order valence-electron chi connectivity index (χ3n) is 5.83. The van der Waals surface area contributed by atoms with E-state index in [1.54, 1.807) is 54.5 Å². The Labute approximate surface area is 200 Å². The molecular formula is C25H23N5O3S.